The van der Waals surface area contributed by atoms with Crippen LogP contribution in [0, 0.1) is 17.2 Å². The highest BCUT2D eigenvalue weighted by Crippen LogP contribution is 2.27. The van der Waals surface area contributed by atoms with E-state index in [1.807, 2.05) is 7.05 Å². The summed E-state index contributed by atoms with van der Waals surface area (Å²) in [5, 5.41) is 14.7. The molecule has 0 bridgehead atoms. The normalized spacial score (nSPS) is 11.2. The Balaban J connectivity index is 0. The van der Waals surface area contributed by atoms with E-state index in [0.29, 0.717) is 37.4 Å². The first-order valence-corrected chi connectivity index (χ1v) is 13.3. The number of aldehydes is 1. The number of nitrogens with two attached hydrogens (primary N) is 1. The van der Waals surface area contributed by atoms with Crippen LogP contribution in [0.15, 0.2) is 30.9 Å². The van der Waals surface area contributed by atoms with Crippen molar-refractivity contribution in [1.29, 1.82) is 5.26 Å². The molecule has 0 radical (unpaired) electrons. The zero-order valence-electron chi connectivity index (χ0n) is 23.5. The Bertz CT molecular complexity index is 976. The van der Waals surface area contributed by atoms with Crippen LogP contribution < -0.4 is 16.4 Å². The van der Waals surface area contributed by atoms with Gasteiger partial charge in [0, 0.05) is 38.8 Å². The molecule has 37 heavy (non-hydrogen) atoms. The van der Waals surface area contributed by atoms with Crippen LogP contribution in [0.1, 0.15) is 77.3 Å². The first-order chi connectivity index (χ1) is 17.5. The van der Waals surface area contributed by atoms with E-state index in [9.17, 15) is 9.59 Å². The number of allylic oxidation sites excluding steroid dienone is 1. The molecule has 4 N–H and O–H groups in total. The van der Waals surface area contributed by atoms with Crippen LogP contribution in [0.25, 0.3) is 10.2 Å². The summed E-state index contributed by atoms with van der Waals surface area (Å²) < 4.78 is 1.22. The van der Waals surface area contributed by atoms with Crippen LogP contribution in [0.2, 0.25) is 0 Å². The van der Waals surface area contributed by atoms with Gasteiger partial charge in [0.05, 0.1) is 21.3 Å². The van der Waals surface area contributed by atoms with E-state index in [1.165, 1.54) is 23.3 Å². The lowest BCUT2D eigenvalue weighted by molar-refractivity contribution is -0.122. The molecule has 1 aromatic carbocycles. The third-order valence-corrected chi connectivity index (χ3v) is 6.31. The maximum absolute atomic E-state index is 12.3. The number of thiazole rings is 1. The van der Waals surface area contributed by atoms with Crippen molar-refractivity contribution in [3.63, 3.8) is 0 Å². The average molecular weight is 532 g/mol. The first kappa shape index (κ1) is 36.1. The Morgan fingerprint density at radius 3 is 2.27 bits per heavy atom. The smallest absolute Gasteiger partial charge is 0.220 e. The molecule has 2 amide bonds. The summed E-state index contributed by atoms with van der Waals surface area (Å²) in [5.41, 5.74) is 7.03. The third-order valence-electron chi connectivity index (χ3n) is 5.24. The Labute approximate surface area is 226 Å². The molecule has 2 rings (SSSR count). The van der Waals surface area contributed by atoms with Gasteiger partial charge in [-0.1, -0.05) is 53.7 Å². The number of hydrogen-bond acceptors (Lipinski definition) is 7. The van der Waals surface area contributed by atoms with Gasteiger partial charge in [0.15, 0.2) is 0 Å². The van der Waals surface area contributed by atoms with E-state index >= 15 is 0 Å². The highest BCUT2D eigenvalue weighted by molar-refractivity contribution is 7.18. The summed E-state index contributed by atoms with van der Waals surface area (Å²) in [4.78, 5) is 35.6. The van der Waals surface area contributed by atoms with Crippen molar-refractivity contribution >= 4 is 39.7 Å². The van der Waals surface area contributed by atoms with E-state index in [2.05, 4.69) is 73.8 Å². The lowest BCUT2D eigenvalue weighted by Crippen LogP contribution is -2.45. The maximum Gasteiger partial charge on any atom is 0.220 e. The summed E-state index contributed by atoms with van der Waals surface area (Å²) in [6, 6.07) is 8.41. The minimum atomic E-state index is -0.245. The standard InChI is InChI=1S/C20H31N3OS.C3H7NO.C3H4O.C2H3N/c1-6-14(4)17(12-21-5)22-19(24)9-10-20-23-16-8-7-15(13(2)3)11-18(16)25-20;1-2-3(4)5;1-2-3-4;1-2-3/h7-8,11,13-14,17,21H,6,9-10,12H2,1-5H3,(H,22,24);2H2,1H3,(H2,4,5);2-3H,1H2;1H3. The number of hydrogen-bond donors (Lipinski definition) is 3. The Kier molecular flexibility index (Phi) is 21.6. The highest BCUT2D eigenvalue weighted by atomic mass is 32.1. The lowest BCUT2D eigenvalue weighted by Gasteiger charge is -2.24. The van der Waals surface area contributed by atoms with Crippen LogP contribution in [-0.4, -0.2) is 42.7 Å². The number of carbonyl (C=O) groups excluding carboxylic acids is 3. The lowest BCUT2D eigenvalue weighted by atomic mass is 9.99. The SMILES string of the molecule is C=CC=O.CC#N.CCC(C)C(CNC)NC(=O)CCc1nc2ccc(C(C)C)cc2s1.CCC(N)=O. The van der Waals surface area contributed by atoms with E-state index in [0.717, 1.165) is 23.5 Å². The number of nitriles is 1. The second kappa shape index (κ2) is 22.1. The molecule has 0 aliphatic heterocycles. The number of carbonyl (C=O) groups is 3. The minimum absolute atomic E-state index is 0.114. The maximum atomic E-state index is 12.3. The van der Waals surface area contributed by atoms with Gasteiger partial charge in [-0.05, 0) is 42.7 Å². The minimum Gasteiger partial charge on any atom is -0.370 e. The van der Waals surface area contributed by atoms with Crippen LogP contribution in [0.4, 0.5) is 0 Å². The molecule has 0 saturated heterocycles. The molecule has 2 aromatic rings. The van der Waals surface area contributed by atoms with Crippen molar-refractivity contribution in [3.05, 3.63) is 41.4 Å². The molecule has 0 fully saturated rings. The van der Waals surface area contributed by atoms with Gasteiger partial charge in [0.1, 0.15) is 6.29 Å². The number of aromatic nitrogens is 1. The molecule has 206 valence electrons. The molecule has 2 unspecified atom stereocenters. The van der Waals surface area contributed by atoms with Crippen LogP contribution in [-0.2, 0) is 20.8 Å². The first-order valence-electron chi connectivity index (χ1n) is 12.5. The van der Waals surface area contributed by atoms with Crippen molar-refractivity contribution in [3.8, 4) is 6.07 Å². The van der Waals surface area contributed by atoms with E-state index < -0.39 is 0 Å². The number of rotatable bonds is 11. The Morgan fingerprint density at radius 2 is 1.84 bits per heavy atom. The second-order valence-corrected chi connectivity index (χ2v) is 9.64. The van der Waals surface area contributed by atoms with Gasteiger partial charge in [0.25, 0.3) is 0 Å². The van der Waals surface area contributed by atoms with Crippen LogP contribution >= 0.6 is 11.3 Å². The van der Waals surface area contributed by atoms with Gasteiger partial charge in [0.2, 0.25) is 11.8 Å². The summed E-state index contributed by atoms with van der Waals surface area (Å²) in [7, 11) is 1.92. The number of aryl methyl sites for hydroxylation is 1. The fourth-order valence-electron chi connectivity index (χ4n) is 2.85. The zero-order valence-corrected chi connectivity index (χ0v) is 24.3. The number of fused-ring (bicyclic) bond motifs is 1. The summed E-state index contributed by atoms with van der Waals surface area (Å²) in [6.45, 7) is 15.8. The Morgan fingerprint density at radius 1 is 1.27 bits per heavy atom. The summed E-state index contributed by atoms with van der Waals surface area (Å²) in [6.07, 6.45) is 4.53. The van der Waals surface area contributed by atoms with Gasteiger partial charge in [-0.15, -0.1) is 11.3 Å². The van der Waals surface area contributed by atoms with E-state index in [-0.39, 0.29) is 17.9 Å². The molecule has 2 atom stereocenters. The summed E-state index contributed by atoms with van der Waals surface area (Å²) >= 11 is 1.71. The van der Waals surface area contributed by atoms with E-state index in [4.69, 9.17) is 10.1 Å². The van der Waals surface area contributed by atoms with Crippen LogP contribution in [0.5, 0.6) is 0 Å². The predicted octanol–water partition coefficient (Wildman–Crippen LogP) is 4.89. The molecule has 0 aliphatic rings. The average Bonchev–Trinajstić information content (AvgIpc) is 3.30. The predicted molar refractivity (Wildman–Crippen MR) is 154 cm³/mol. The van der Waals surface area contributed by atoms with Crippen molar-refractivity contribution in [1.82, 2.24) is 15.6 Å². The monoisotopic (exact) mass is 531 g/mol. The van der Waals surface area contributed by atoms with Gasteiger partial charge in [-0.2, -0.15) is 5.26 Å². The second-order valence-electron chi connectivity index (χ2n) is 8.52. The molecular weight excluding hydrogens is 486 g/mol. The largest absolute Gasteiger partial charge is 0.370 e. The quantitative estimate of drug-likeness (QED) is 0.279. The van der Waals surface area contributed by atoms with Crippen molar-refractivity contribution in [2.45, 2.75) is 79.2 Å². The molecule has 8 nitrogen and oxygen atoms in total. The topological polar surface area (TPSA) is 138 Å². The molecule has 0 spiro atoms. The van der Waals surface area contributed by atoms with Gasteiger partial charge in [-0.3, -0.25) is 14.4 Å². The fraction of sp³-hybridized carbons (Fsp3) is 0.536. The van der Waals surface area contributed by atoms with Gasteiger partial charge >= 0.3 is 0 Å². The molecule has 0 saturated carbocycles. The zero-order chi connectivity index (χ0) is 28.8. The number of benzene rings is 1. The number of nitrogens with one attached hydrogen (secondary N) is 2. The molecule has 1 heterocycles. The fourth-order valence-corrected chi connectivity index (χ4v) is 3.87. The number of amides is 2. The third kappa shape index (κ3) is 17.1. The van der Waals surface area contributed by atoms with Crippen molar-refractivity contribution in [2.75, 3.05) is 13.6 Å². The molecule has 0 aliphatic carbocycles. The van der Waals surface area contributed by atoms with Crippen molar-refractivity contribution < 1.29 is 14.4 Å². The molecular formula is C28H45N5O3S. The number of primary amides is 1. The van der Waals surface area contributed by atoms with Gasteiger partial charge < -0.3 is 16.4 Å². The Hall–Kier alpha value is -3.09. The van der Waals surface area contributed by atoms with E-state index in [1.54, 1.807) is 24.3 Å². The molecule has 1 aromatic heterocycles. The highest BCUT2D eigenvalue weighted by Gasteiger charge is 2.17. The van der Waals surface area contributed by atoms with Crippen LogP contribution in [0.3, 0.4) is 0 Å². The summed E-state index contributed by atoms with van der Waals surface area (Å²) in [5.74, 6) is 0.853. The molecule has 9 heteroatoms. The van der Waals surface area contributed by atoms with Gasteiger partial charge in [-0.25, -0.2) is 4.98 Å². The number of nitrogens with zero attached hydrogens (tertiary/aromatic N) is 2. The van der Waals surface area contributed by atoms with Crippen molar-refractivity contribution in [2.24, 2.45) is 11.7 Å². The number of likely N-dealkylation sites (N-methyl/N-ethyl adjacent to an activating group) is 1.